The van der Waals surface area contributed by atoms with E-state index in [2.05, 4.69) is 4.90 Å². The summed E-state index contributed by atoms with van der Waals surface area (Å²) in [6.07, 6.45) is 0.516. The maximum absolute atomic E-state index is 13.3. The summed E-state index contributed by atoms with van der Waals surface area (Å²) in [4.78, 5) is 2.07. The van der Waals surface area contributed by atoms with Gasteiger partial charge < -0.3 is 5.11 Å². The zero-order valence-corrected chi connectivity index (χ0v) is 8.86. The molecule has 0 saturated carbocycles. The number of halogens is 1. The highest BCUT2D eigenvalue weighted by Gasteiger charge is 2.20. The van der Waals surface area contributed by atoms with Crippen molar-refractivity contribution in [2.75, 3.05) is 13.1 Å². The summed E-state index contributed by atoms with van der Waals surface area (Å²) < 4.78 is 13.3. The highest BCUT2D eigenvalue weighted by molar-refractivity contribution is 5.33. The van der Waals surface area contributed by atoms with Crippen molar-refractivity contribution in [3.8, 4) is 6.07 Å². The number of benzene rings is 1. The van der Waals surface area contributed by atoms with Crippen LogP contribution in [0.3, 0.4) is 0 Å². The fourth-order valence-corrected chi connectivity index (χ4v) is 1.96. The molecule has 1 aliphatic heterocycles. The Labute approximate surface area is 93.7 Å². The smallest absolute Gasteiger partial charge is 0.141 e. The average molecular weight is 220 g/mol. The van der Waals surface area contributed by atoms with Gasteiger partial charge in [-0.1, -0.05) is 6.07 Å². The molecule has 0 unspecified atom stereocenters. The highest BCUT2D eigenvalue weighted by Crippen LogP contribution is 2.15. The maximum Gasteiger partial charge on any atom is 0.141 e. The van der Waals surface area contributed by atoms with Crippen LogP contribution in [0.1, 0.15) is 17.5 Å². The van der Waals surface area contributed by atoms with E-state index in [-0.39, 0.29) is 11.7 Å². The Morgan fingerprint density at radius 2 is 2.38 bits per heavy atom. The lowest BCUT2D eigenvalue weighted by molar-refractivity contribution is 0.175. The minimum Gasteiger partial charge on any atom is -0.392 e. The van der Waals surface area contributed by atoms with E-state index in [1.807, 2.05) is 0 Å². The molecule has 0 amide bonds. The van der Waals surface area contributed by atoms with Crippen LogP contribution in [0.2, 0.25) is 0 Å². The van der Waals surface area contributed by atoms with E-state index in [0.717, 1.165) is 18.5 Å². The number of likely N-dealkylation sites (tertiary alicyclic amines) is 1. The van der Waals surface area contributed by atoms with E-state index in [1.54, 1.807) is 12.1 Å². The van der Waals surface area contributed by atoms with Crippen molar-refractivity contribution in [1.82, 2.24) is 4.90 Å². The first-order chi connectivity index (χ1) is 7.69. The van der Waals surface area contributed by atoms with Crippen LogP contribution in [0.5, 0.6) is 0 Å². The number of nitrogens with zero attached hydrogens (tertiary/aromatic N) is 2. The molecule has 0 radical (unpaired) electrons. The molecule has 1 aromatic carbocycles. The SMILES string of the molecule is N#Cc1ccc(CN2CC[C@@H](O)C2)cc1F. The standard InChI is InChI=1S/C12H13FN2O/c13-12-5-9(1-2-10(12)6-14)7-15-4-3-11(16)8-15/h1-2,5,11,16H,3-4,7-8H2/t11-/m1/s1. The normalized spacial score (nSPS) is 20.9. The van der Waals surface area contributed by atoms with Crippen LogP contribution >= 0.6 is 0 Å². The maximum atomic E-state index is 13.3. The summed E-state index contributed by atoms with van der Waals surface area (Å²) in [5, 5.41) is 18.0. The summed E-state index contributed by atoms with van der Waals surface area (Å²) in [5.74, 6) is -0.472. The van der Waals surface area contributed by atoms with Crippen molar-refractivity contribution in [3.05, 3.63) is 35.1 Å². The van der Waals surface area contributed by atoms with Gasteiger partial charge in [0.05, 0.1) is 11.7 Å². The molecule has 1 N–H and O–H groups in total. The molecule has 1 fully saturated rings. The zero-order valence-electron chi connectivity index (χ0n) is 8.86. The van der Waals surface area contributed by atoms with E-state index in [1.165, 1.54) is 12.1 Å². The van der Waals surface area contributed by atoms with Gasteiger partial charge >= 0.3 is 0 Å². The molecule has 0 aromatic heterocycles. The molecule has 1 heterocycles. The number of aliphatic hydroxyl groups is 1. The molecule has 1 atom stereocenters. The molecule has 0 aliphatic carbocycles. The quantitative estimate of drug-likeness (QED) is 0.816. The molecule has 1 saturated heterocycles. The molecular formula is C12H13FN2O. The second-order valence-corrected chi connectivity index (χ2v) is 4.10. The number of hydrogen-bond donors (Lipinski definition) is 1. The first-order valence-corrected chi connectivity index (χ1v) is 5.28. The van der Waals surface area contributed by atoms with Crippen molar-refractivity contribution in [2.24, 2.45) is 0 Å². The van der Waals surface area contributed by atoms with Gasteiger partial charge in [0.15, 0.2) is 0 Å². The largest absolute Gasteiger partial charge is 0.392 e. The summed E-state index contributed by atoms with van der Waals surface area (Å²) in [6, 6.07) is 6.44. The van der Waals surface area contributed by atoms with E-state index >= 15 is 0 Å². The number of rotatable bonds is 2. The summed E-state index contributed by atoms with van der Waals surface area (Å²) in [5.41, 5.74) is 0.913. The van der Waals surface area contributed by atoms with Crippen LogP contribution in [0, 0.1) is 17.1 Å². The summed E-state index contributed by atoms with van der Waals surface area (Å²) in [7, 11) is 0. The first kappa shape index (κ1) is 11.1. The van der Waals surface area contributed by atoms with Crippen molar-refractivity contribution in [3.63, 3.8) is 0 Å². The number of nitriles is 1. The number of hydrogen-bond acceptors (Lipinski definition) is 3. The molecule has 2 rings (SSSR count). The summed E-state index contributed by atoms with van der Waals surface area (Å²) >= 11 is 0. The van der Waals surface area contributed by atoms with Crippen LogP contribution in [-0.4, -0.2) is 29.2 Å². The molecular weight excluding hydrogens is 207 g/mol. The minimum absolute atomic E-state index is 0.0743. The third-order valence-electron chi connectivity index (χ3n) is 2.81. The van der Waals surface area contributed by atoms with Gasteiger partial charge in [-0.05, 0) is 24.1 Å². The van der Waals surface area contributed by atoms with Gasteiger partial charge in [0, 0.05) is 19.6 Å². The predicted octanol–water partition coefficient (Wildman–Crippen LogP) is 1.26. The predicted molar refractivity (Wildman–Crippen MR) is 57.0 cm³/mol. The highest BCUT2D eigenvalue weighted by atomic mass is 19.1. The molecule has 84 valence electrons. The topological polar surface area (TPSA) is 47.3 Å². The monoisotopic (exact) mass is 220 g/mol. The van der Waals surface area contributed by atoms with Crippen molar-refractivity contribution in [1.29, 1.82) is 5.26 Å². The van der Waals surface area contributed by atoms with E-state index < -0.39 is 5.82 Å². The zero-order chi connectivity index (χ0) is 11.5. The molecule has 0 spiro atoms. The second-order valence-electron chi connectivity index (χ2n) is 4.10. The van der Waals surface area contributed by atoms with Gasteiger partial charge in [-0.2, -0.15) is 5.26 Å². The molecule has 1 aliphatic rings. The Morgan fingerprint density at radius 1 is 1.56 bits per heavy atom. The lowest BCUT2D eigenvalue weighted by Crippen LogP contribution is -2.21. The third-order valence-corrected chi connectivity index (χ3v) is 2.81. The molecule has 3 nitrogen and oxygen atoms in total. The molecule has 16 heavy (non-hydrogen) atoms. The lowest BCUT2D eigenvalue weighted by Gasteiger charge is -2.14. The van der Waals surface area contributed by atoms with Crippen LogP contribution < -0.4 is 0 Å². The Kier molecular flexibility index (Phi) is 3.18. The van der Waals surface area contributed by atoms with Gasteiger partial charge in [-0.3, -0.25) is 4.90 Å². The fourth-order valence-electron chi connectivity index (χ4n) is 1.96. The second kappa shape index (κ2) is 4.60. The van der Waals surface area contributed by atoms with Gasteiger partial charge in [0.2, 0.25) is 0 Å². The Morgan fingerprint density at radius 3 is 2.94 bits per heavy atom. The van der Waals surface area contributed by atoms with Gasteiger partial charge in [0.25, 0.3) is 0 Å². The average Bonchev–Trinajstić information content (AvgIpc) is 2.64. The van der Waals surface area contributed by atoms with E-state index in [0.29, 0.717) is 13.1 Å². The Hall–Kier alpha value is -1.44. The molecule has 1 aromatic rings. The van der Waals surface area contributed by atoms with Crippen molar-refractivity contribution < 1.29 is 9.50 Å². The van der Waals surface area contributed by atoms with Gasteiger partial charge in [-0.25, -0.2) is 4.39 Å². The lowest BCUT2D eigenvalue weighted by atomic mass is 10.1. The first-order valence-electron chi connectivity index (χ1n) is 5.28. The molecule has 4 heteroatoms. The van der Waals surface area contributed by atoms with Crippen LogP contribution in [-0.2, 0) is 6.54 Å². The van der Waals surface area contributed by atoms with Crippen molar-refractivity contribution in [2.45, 2.75) is 19.1 Å². The fraction of sp³-hybridized carbons (Fsp3) is 0.417. The van der Waals surface area contributed by atoms with E-state index in [4.69, 9.17) is 5.26 Å². The van der Waals surface area contributed by atoms with E-state index in [9.17, 15) is 9.50 Å². The number of aliphatic hydroxyl groups excluding tert-OH is 1. The Bertz CT molecular complexity index is 428. The number of β-amino-alcohol motifs (C(OH)–C–C–N with tert-alkyl or cyclic N) is 1. The van der Waals surface area contributed by atoms with Crippen LogP contribution in [0.15, 0.2) is 18.2 Å². The third kappa shape index (κ3) is 2.38. The van der Waals surface area contributed by atoms with Crippen molar-refractivity contribution >= 4 is 0 Å². The molecule has 0 bridgehead atoms. The minimum atomic E-state index is -0.472. The van der Waals surface area contributed by atoms with Gasteiger partial charge in [0.1, 0.15) is 11.9 Å². The Balaban J connectivity index is 2.05. The van der Waals surface area contributed by atoms with Crippen LogP contribution in [0.4, 0.5) is 4.39 Å². The van der Waals surface area contributed by atoms with Gasteiger partial charge in [-0.15, -0.1) is 0 Å². The summed E-state index contributed by atoms with van der Waals surface area (Å²) in [6.45, 7) is 2.10. The van der Waals surface area contributed by atoms with Crippen LogP contribution in [0.25, 0.3) is 0 Å².